The van der Waals surface area contributed by atoms with E-state index in [1.807, 2.05) is 13.8 Å². The van der Waals surface area contributed by atoms with Gasteiger partial charge >= 0.3 is 0 Å². The summed E-state index contributed by atoms with van der Waals surface area (Å²) in [6.07, 6.45) is 0. The second kappa shape index (κ2) is 10.0. The number of hydrogen-bond donors (Lipinski definition) is 0. The lowest BCUT2D eigenvalue weighted by Crippen LogP contribution is -2.34. The molecule has 0 spiro atoms. The molecule has 0 aromatic rings. The van der Waals surface area contributed by atoms with Crippen molar-refractivity contribution in [2.45, 2.75) is 47.6 Å². The maximum atomic E-state index is 2.19. The molecule has 0 N–H and O–H groups in total. The lowest BCUT2D eigenvalue weighted by atomic mass is 10.1. The normalized spacial score (nSPS) is 8.73. The fourth-order valence-corrected chi connectivity index (χ4v) is 0. The fraction of sp³-hybridized carbons (Fsp3) is 1.00. The van der Waals surface area contributed by atoms with Crippen LogP contribution in [0.2, 0.25) is 0 Å². The molecule has 0 aliphatic carbocycles. The highest BCUT2D eigenvalue weighted by atomic mass is 15.1. The van der Waals surface area contributed by atoms with Crippen LogP contribution in [0.3, 0.4) is 0 Å². The van der Waals surface area contributed by atoms with E-state index in [1.54, 1.807) is 0 Å². The van der Waals surface area contributed by atoms with Gasteiger partial charge in [-0.05, 0) is 34.9 Å². The quantitative estimate of drug-likeness (QED) is 0.490. The summed E-state index contributed by atoms with van der Waals surface area (Å²) >= 11 is 0. The zero-order valence-electron chi connectivity index (χ0n) is 8.52. The molecule has 0 aliphatic heterocycles. The molecular formula is C9H25BN. The van der Waals surface area contributed by atoms with Crippen molar-refractivity contribution >= 4 is 8.41 Å². The molecule has 0 saturated heterocycles. The fourth-order valence-electron chi connectivity index (χ4n) is 0. The largest absolute Gasteiger partial charge is 0.305 e. The number of nitrogens with zero attached hydrogens (tertiary/aromatic N) is 1. The van der Waals surface area contributed by atoms with Gasteiger partial charge in [0.15, 0.2) is 0 Å². The maximum absolute atomic E-state index is 2.19. The van der Waals surface area contributed by atoms with Gasteiger partial charge in [0, 0.05) is 14.0 Å². The molecule has 0 saturated carbocycles. The molecule has 0 aromatic heterocycles. The summed E-state index contributed by atoms with van der Waals surface area (Å²) in [5, 5.41) is 0. The van der Waals surface area contributed by atoms with Gasteiger partial charge in [-0.15, -0.1) is 0 Å². The Morgan fingerprint density at radius 2 is 1.00 bits per heavy atom. The van der Waals surface area contributed by atoms with Crippen LogP contribution in [0.15, 0.2) is 0 Å². The first-order chi connectivity index (χ1) is 3.94. The summed E-state index contributed by atoms with van der Waals surface area (Å²) in [6.45, 7) is 10.6. The summed E-state index contributed by atoms with van der Waals surface area (Å²) in [4.78, 5) is 2.19. The second-order valence-electron chi connectivity index (χ2n) is 3.07. The van der Waals surface area contributed by atoms with Crippen LogP contribution in [-0.2, 0) is 0 Å². The number of hydrogen-bond acceptors (Lipinski definition) is 1. The Hall–Kier alpha value is 0.0249. The van der Waals surface area contributed by atoms with Crippen LogP contribution < -0.4 is 0 Å². The van der Waals surface area contributed by atoms with Crippen molar-refractivity contribution in [1.82, 2.24) is 4.90 Å². The van der Waals surface area contributed by atoms with Crippen LogP contribution in [0.1, 0.15) is 42.0 Å². The SMILES string of the molecule is C.CC.CN(C)C(C)(C)C.[B]. The molecule has 0 rings (SSSR count). The van der Waals surface area contributed by atoms with E-state index in [4.69, 9.17) is 0 Å². The van der Waals surface area contributed by atoms with Gasteiger partial charge in [0.25, 0.3) is 0 Å². The zero-order valence-corrected chi connectivity index (χ0v) is 8.52. The molecule has 0 aromatic carbocycles. The van der Waals surface area contributed by atoms with E-state index in [9.17, 15) is 0 Å². The summed E-state index contributed by atoms with van der Waals surface area (Å²) in [6, 6.07) is 0. The van der Waals surface area contributed by atoms with Gasteiger partial charge in [0.2, 0.25) is 0 Å². The third-order valence-corrected chi connectivity index (χ3v) is 1.34. The lowest BCUT2D eigenvalue weighted by molar-refractivity contribution is 0.219. The highest BCUT2D eigenvalue weighted by Crippen LogP contribution is 2.05. The summed E-state index contributed by atoms with van der Waals surface area (Å²) in [7, 11) is 4.17. The van der Waals surface area contributed by atoms with Crippen LogP contribution in [0.4, 0.5) is 0 Å². The molecular weight excluding hydrogens is 133 g/mol. The van der Waals surface area contributed by atoms with Gasteiger partial charge in [0.1, 0.15) is 0 Å². The molecule has 0 unspecified atom stereocenters. The Bertz CT molecular complexity index is 55.1. The van der Waals surface area contributed by atoms with E-state index >= 15 is 0 Å². The molecule has 1 nitrogen and oxygen atoms in total. The molecule has 0 heterocycles. The highest BCUT2D eigenvalue weighted by Gasteiger charge is 2.10. The predicted molar refractivity (Wildman–Crippen MR) is 57.3 cm³/mol. The standard InChI is InChI=1S/C6H15N.C2H6.CH4.B/c1-6(2,3)7(4)5;1-2;;/h1-5H3;1-2H3;1H4;. The van der Waals surface area contributed by atoms with E-state index in [0.717, 1.165) is 0 Å². The minimum absolute atomic E-state index is 0. The van der Waals surface area contributed by atoms with Crippen LogP contribution in [0.5, 0.6) is 0 Å². The van der Waals surface area contributed by atoms with E-state index in [-0.39, 0.29) is 15.8 Å². The predicted octanol–water partition coefficient (Wildman–Crippen LogP) is 2.63. The van der Waals surface area contributed by atoms with Crippen LogP contribution in [-0.4, -0.2) is 32.9 Å². The van der Waals surface area contributed by atoms with Gasteiger partial charge in [-0.25, -0.2) is 0 Å². The molecule has 2 heteroatoms. The average Bonchev–Trinajstić information content (AvgIpc) is 1.69. The van der Waals surface area contributed by atoms with Gasteiger partial charge in [-0.1, -0.05) is 21.3 Å². The smallest absolute Gasteiger partial charge is 0.0118 e. The van der Waals surface area contributed by atoms with Crippen LogP contribution >= 0.6 is 0 Å². The van der Waals surface area contributed by atoms with E-state index < -0.39 is 0 Å². The molecule has 11 heavy (non-hydrogen) atoms. The number of rotatable bonds is 0. The zero-order chi connectivity index (χ0) is 8.08. The third kappa shape index (κ3) is 17.8. The molecule has 0 bridgehead atoms. The second-order valence-corrected chi connectivity index (χ2v) is 3.07. The Morgan fingerprint density at radius 1 is 0.909 bits per heavy atom. The van der Waals surface area contributed by atoms with Crippen molar-refractivity contribution in [3.8, 4) is 0 Å². The van der Waals surface area contributed by atoms with Crippen molar-refractivity contribution in [3.63, 3.8) is 0 Å². The van der Waals surface area contributed by atoms with E-state index in [2.05, 4.69) is 39.8 Å². The molecule has 0 amide bonds. The first kappa shape index (κ1) is 22.5. The summed E-state index contributed by atoms with van der Waals surface area (Å²) < 4.78 is 0. The summed E-state index contributed by atoms with van der Waals surface area (Å²) in [5.41, 5.74) is 0.333. The lowest BCUT2D eigenvalue weighted by Gasteiger charge is -2.27. The minimum atomic E-state index is 0. The van der Waals surface area contributed by atoms with Crippen molar-refractivity contribution in [3.05, 3.63) is 0 Å². The Morgan fingerprint density at radius 3 is 1.00 bits per heavy atom. The van der Waals surface area contributed by atoms with E-state index in [0.29, 0.717) is 5.54 Å². The van der Waals surface area contributed by atoms with Crippen LogP contribution in [0.25, 0.3) is 0 Å². The van der Waals surface area contributed by atoms with Gasteiger partial charge in [-0.3, -0.25) is 0 Å². The van der Waals surface area contributed by atoms with Crippen LogP contribution in [0, 0.1) is 0 Å². The monoisotopic (exact) mass is 158 g/mol. The maximum Gasteiger partial charge on any atom is 0.0118 e. The Kier molecular flexibility index (Phi) is 20.5. The average molecular weight is 158 g/mol. The van der Waals surface area contributed by atoms with Crippen molar-refractivity contribution in [2.24, 2.45) is 0 Å². The summed E-state index contributed by atoms with van der Waals surface area (Å²) in [5.74, 6) is 0. The molecule has 0 atom stereocenters. The topological polar surface area (TPSA) is 3.24 Å². The molecule has 69 valence electrons. The van der Waals surface area contributed by atoms with E-state index in [1.165, 1.54) is 0 Å². The first-order valence-corrected chi connectivity index (χ1v) is 3.62. The van der Waals surface area contributed by atoms with Gasteiger partial charge in [-0.2, -0.15) is 0 Å². The molecule has 3 radical (unpaired) electrons. The van der Waals surface area contributed by atoms with Gasteiger partial charge < -0.3 is 4.90 Å². The van der Waals surface area contributed by atoms with Crippen molar-refractivity contribution in [1.29, 1.82) is 0 Å². The molecule has 0 aliphatic rings. The molecule has 0 fully saturated rings. The third-order valence-electron chi connectivity index (χ3n) is 1.34. The van der Waals surface area contributed by atoms with Crippen molar-refractivity contribution < 1.29 is 0 Å². The Balaban J connectivity index is -0.0000000564. The Labute approximate surface area is 75.8 Å². The highest BCUT2D eigenvalue weighted by molar-refractivity contribution is 5.75. The minimum Gasteiger partial charge on any atom is -0.305 e. The van der Waals surface area contributed by atoms with Gasteiger partial charge in [0.05, 0.1) is 0 Å². The van der Waals surface area contributed by atoms with Crippen molar-refractivity contribution in [2.75, 3.05) is 14.1 Å². The first-order valence-electron chi connectivity index (χ1n) is 3.62.